The zero-order valence-corrected chi connectivity index (χ0v) is 9.67. The van der Waals surface area contributed by atoms with Gasteiger partial charge in [-0.3, -0.25) is 0 Å². The summed E-state index contributed by atoms with van der Waals surface area (Å²) in [5.41, 5.74) is -1.22. The van der Waals surface area contributed by atoms with E-state index < -0.39 is 36.7 Å². The van der Waals surface area contributed by atoms with Gasteiger partial charge in [-0.25, -0.2) is 13.6 Å². The van der Waals surface area contributed by atoms with Gasteiger partial charge in [0, 0.05) is 0 Å². The van der Waals surface area contributed by atoms with Gasteiger partial charge in [-0.15, -0.1) is 0 Å². The lowest BCUT2D eigenvalue weighted by molar-refractivity contribution is -0.137. The van der Waals surface area contributed by atoms with E-state index in [-0.39, 0.29) is 0 Å². The minimum Gasteiger partial charge on any atom is -0.225 e. The maximum Gasteiger partial charge on any atom is 0.417 e. The fourth-order valence-corrected chi connectivity index (χ4v) is 2.40. The van der Waals surface area contributed by atoms with Crippen molar-refractivity contribution in [3.05, 3.63) is 27.7 Å². The number of sulfonamides is 1. The van der Waals surface area contributed by atoms with E-state index in [9.17, 15) is 21.6 Å². The SMILES string of the molecule is NS(=O)(=O)c1ccc(C(F)(F)F)c(Cl)c1Cl. The first kappa shape index (κ1) is 13.6. The predicted molar refractivity (Wildman–Crippen MR) is 52.8 cm³/mol. The highest BCUT2D eigenvalue weighted by atomic mass is 35.5. The first-order valence-corrected chi connectivity index (χ1v) is 5.93. The Labute approximate surface area is 99.0 Å². The van der Waals surface area contributed by atoms with Crippen LogP contribution in [0.3, 0.4) is 0 Å². The molecule has 0 spiro atoms. The van der Waals surface area contributed by atoms with Gasteiger partial charge in [0.15, 0.2) is 0 Å². The topological polar surface area (TPSA) is 60.2 Å². The van der Waals surface area contributed by atoms with Crippen molar-refractivity contribution in [3.63, 3.8) is 0 Å². The van der Waals surface area contributed by atoms with Gasteiger partial charge in [0.1, 0.15) is 4.90 Å². The number of alkyl halides is 3. The minimum atomic E-state index is -4.71. The number of rotatable bonds is 1. The molecule has 90 valence electrons. The van der Waals surface area contributed by atoms with Crippen molar-refractivity contribution in [2.75, 3.05) is 0 Å². The summed E-state index contributed by atoms with van der Waals surface area (Å²) in [5.74, 6) is 0. The fraction of sp³-hybridized carbons (Fsp3) is 0.143. The Morgan fingerprint density at radius 3 is 2.00 bits per heavy atom. The number of halogens is 5. The Balaban J connectivity index is 3.54. The molecule has 0 saturated heterocycles. The van der Waals surface area contributed by atoms with Gasteiger partial charge in [0.05, 0.1) is 15.6 Å². The van der Waals surface area contributed by atoms with Crippen LogP contribution in [0.4, 0.5) is 13.2 Å². The summed E-state index contributed by atoms with van der Waals surface area (Å²) < 4.78 is 58.8. The lowest BCUT2D eigenvalue weighted by Crippen LogP contribution is -2.14. The number of hydrogen-bond acceptors (Lipinski definition) is 2. The Morgan fingerprint density at radius 2 is 1.62 bits per heavy atom. The Bertz CT molecular complexity index is 527. The van der Waals surface area contributed by atoms with Crippen LogP contribution in [0.5, 0.6) is 0 Å². The van der Waals surface area contributed by atoms with Gasteiger partial charge >= 0.3 is 6.18 Å². The van der Waals surface area contributed by atoms with E-state index in [1.165, 1.54) is 0 Å². The molecule has 3 nitrogen and oxygen atoms in total. The van der Waals surface area contributed by atoms with Gasteiger partial charge in [-0.2, -0.15) is 13.2 Å². The van der Waals surface area contributed by atoms with Crippen molar-refractivity contribution >= 4 is 33.2 Å². The van der Waals surface area contributed by atoms with E-state index in [0.717, 1.165) is 0 Å². The van der Waals surface area contributed by atoms with Crippen molar-refractivity contribution in [2.45, 2.75) is 11.1 Å². The predicted octanol–water partition coefficient (Wildman–Crippen LogP) is 2.66. The van der Waals surface area contributed by atoms with Crippen molar-refractivity contribution < 1.29 is 21.6 Å². The summed E-state index contributed by atoms with van der Waals surface area (Å²) in [6.07, 6.45) is -4.71. The molecule has 1 aromatic carbocycles. The third-order valence-corrected chi connectivity index (χ3v) is 3.61. The molecule has 0 heterocycles. The van der Waals surface area contributed by atoms with Gasteiger partial charge in [-0.05, 0) is 12.1 Å². The number of nitrogens with two attached hydrogens (primary N) is 1. The van der Waals surface area contributed by atoms with Crippen molar-refractivity contribution in [3.8, 4) is 0 Å². The van der Waals surface area contributed by atoms with Crippen LogP contribution >= 0.6 is 23.2 Å². The molecule has 0 aliphatic rings. The van der Waals surface area contributed by atoms with Crippen LogP contribution in [-0.2, 0) is 16.2 Å². The lowest BCUT2D eigenvalue weighted by Gasteiger charge is -2.11. The largest absolute Gasteiger partial charge is 0.417 e. The first-order chi connectivity index (χ1) is 7.05. The summed E-state index contributed by atoms with van der Waals surface area (Å²) >= 11 is 10.7. The highest BCUT2D eigenvalue weighted by Crippen LogP contribution is 2.40. The second kappa shape index (κ2) is 4.06. The van der Waals surface area contributed by atoms with E-state index in [2.05, 4.69) is 0 Å². The quantitative estimate of drug-likeness (QED) is 0.865. The van der Waals surface area contributed by atoms with Gasteiger partial charge in [0.2, 0.25) is 10.0 Å². The highest BCUT2D eigenvalue weighted by molar-refractivity contribution is 7.89. The molecule has 0 bridgehead atoms. The molecular formula is C7H4Cl2F3NO2S. The monoisotopic (exact) mass is 293 g/mol. The maximum atomic E-state index is 12.3. The summed E-state index contributed by atoms with van der Waals surface area (Å²) in [5, 5.41) is 3.11. The molecule has 1 aromatic rings. The van der Waals surface area contributed by atoms with Crippen LogP contribution in [0, 0.1) is 0 Å². The van der Waals surface area contributed by atoms with Crippen molar-refractivity contribution in [1.29, 1.82) is 0 Å². The molecule has 0 amide bonds. The number of hydrogen-bond donors (Lipinski definition) is 1. The van der Waals surface area contributed by atoms with Gasteiger partial charge < -0.3 is 0 Å². The molecular weight excluding hydrogens is 290 g/mol. The minimum absolute atomic E-state index is 0.508. The standard InChI is InChI=1S/C7H4Cl2F3NO2S/c8-5-3(7(10,11)12)1-2-4(6(5)9)16(13,14)15/h1-2H,(H2,13,14,15). The Morgan fingerprint density at radius 1 is 1.12 bits per heavy atom. The second-order valence-electron chi connectivity index (χ2n) is 2.78. The summed E-state index contributed by atoms with van der Waals surface area (Å²) in [4.78, 5) is -0.646. The summed E-state index contributed by atoms with van der Waals surface area (Å²) in [6, 6.07) is 1.17. The molecule has 16 heavy (non-hydrogen) atoms. The molecule has 0 aromatic heterocycles. The molecule has 0 saturated carbocycles. The Hall–Kier alpha value is -0.500. The van der Waals surface area contributed by atoms with E-state index in [4.69, 9.17) is 28.3 Å². The smallest absolute Gasteiger partial charge is 0.225 e. The summed E-state index contributed by atoms with van der Waals surface area (Å²) in [7, 11) is -4.20. The Kier molecular flexibility index (Phi) is 3.45. The molecule has 0 unspecified atom stereocenters. The van der Waals surface area contributed by atoms with Crippen molar-refractivity contribution in [2.24, 2.45) is 5.14 Å². The lowest BCUT2D eigenvalue weighted by atomic mass is 10.2. The molecule has 0 atom stereocenters. The van der Waals surface area contributed by atoms with E-state index >= 15 is 0 Å². The van der Waals surface area contributed by atoms with Gasteiger partial charge in [0.25, 0.3) is 0 Å². The normalized spacial score (nSPS) is 12.9. The molecule has 0 fully saturated rings. The molecule has 9 heteroatoms. The zero-order chi connectivity index (χ0) is 12.7. The molecule has 2 N–H and O–H groups in total. The van der Waals surface area contributed by atoms with Crippen LogP contribution in [0.25, 0.3) is 0 Å². The third-order valence-electron chi connectivity index (χ3n) is 1.66. The van der Waals surface area contributed by atoms with Crippen LogP contribution in [0.15, 0.2) is 17.0 Å². The molecule has 0 aliphatic carbocycles. The number of primary sulfonamides is 1. The van der Waals surface area contributed by atoms with Crippen molar-refractivity contribution in [1.82, 2.24) is 0 Å². The van der Waals surface area contributed by atoms with E-state index in [1.54, 1.807) is 0 Å². The van der Waals surface area contributed by atoms with Crippen LogP contribution in [0.1, 0.15) is 5.56 Å². The third kappa shape index (κ3) is 2.60. The summed E-state index contributed by atoms with van der Waals surface area (Å²) in [6.45, 7) is 0. The maximum absolute atomic E-state index is 12.3. The van der Waals surface area contributed by atoms with Crippen LogP contribution in [0.2, 0.25) is 10.0 Å². The molecule has 1 rings (SSSR count). The van der Waals surface area contributed by atoms with Crippen LogP contribution in [-0.4, -0.2) is 8.42 Å². The van der Waals surface area contributed by atoms with E-state index in [1.807, 2.05) is 0 Å². The number of benzene rings is 1. The van der Waals surface area contributed by atoms with Crippen LogP contribution < -0.4 is 5.14 Å². The van der Waals surface area contributed by atoms with E-state index in [0.29, 0.717) is 12.1 Å². The second-order valence-corrected chi connectivity index (χ2v) is 5.07. The highest BCUT2D eigenvalue weighted by Gasteiger charge is 2.35. The van der Waals surface area contributed by atoms with Gasteiger partial charge in [-0.1, -0.05) is 23.2 Å². The molecule has 0 aliphatic heterocycles. The average molecular weight is 294 g/mol. The zero-order valence-electron chi connectivity index (χ0n) is 7.35. The first-order valence-electron chi connectivity index (χ1n) is 3.63. The molecule has 0 radical (unpaired) electrons. The average Bonchev–Trinajstić information content (AvgIpc) is 2.05. The fourth-order valence-electron chi connectivity index (χ4n) is 0.970.